The fourth-order valence-corrected chi connectivity index (χ4v) is 1.22. The van der Waals surface area contributed by atoms with Crippen LogP contribution in [-0.2, 0) is 9.53 Å². The van der Waals surface area contributed by atoms with Gasteiger partial charge >= 0.3 is 0 Å². The lowest BCUT2D eigenvalue weighted by Gasteiger charge is -2.09. The Morgan fingerprint density at radius 1 is 1.12 bits per heavy atom. The fourth-order valence-electron chi connectivity index (χ4n) is 1.22. The molecule has 0 aromatic carbocycles. The summed E-state index contributed by atoms with van der Waals surface area (Å²) in [5.74, 6) is 1.14. The van der Waals surface area contributed by atoms with Gasteiger partial charge in [-0.15, -0.1) is 0 Å². The smallest absolute Gasteiger partial charge is 0.246 e. The van der Waals surface area contributed by atoms with E-state index in [1.165, 1.54) is 0 Å². The number of nitrogens with one attached hydrogen (secondary N) is 2. The Hall–Kier alpha value is -0.610. The molecular formula is C13H28N2O2. The van der Waals surface area contributed by atoms with Crippen LogP contribution in [0.1, 0.15) is 34.1 Å². The average molecular weight is 244 g/mol. The second-order valence-electron chi connectivity index (χ2n) is 5.20. The number of hydrogen-bond donors (Lipinski definition) is 2. The Kier molecular flexibility index (Phi) is 10.2. The van der Waals surface area contributed by atoms with Crippen molar-refractivity contribution in [3.63, 3.8) is 0 Å². The minimum Gasteiger partial charge on any atom is -0.372 e. The molecule has 0 aliphatic heterocycles. The first-order valence-corrected chi connectivity index (χ1v) is 6.57. The number of carbonyl (C=O) groups is 1. The molecule has 0 spiro atoms. The fraction of sp³-hybridized carbons (Fsp3) is 0.923. The third kappa shape index (κ3) is 13.3. The number of amides is 1. The molecule has 0 aliphatic rings. The summed E-state index contributed by atoms with van der Waals surface area (Å²) in [6, 6.07) is 0. The van der Waals surface area contributed by atoms with Crippen molar-refractivity contribution in [3.05, 3.63) is 0 Å². The topological polar surface area (TPSA) is 50.4 Å². The summed E-state index contributed by atoms with van der Waals surface area (Å²) in [5.41, 5.74) is 0. The molecular weight excluding hydrogens is 216 g/mol. The van der Waals surface area contributed by atoms with Crippen molar-refractivity contribution in [3.8, 4) is 0 Å². The predicted octanol–water partition coefficient (Wildman–Crippen LogP) is 1.41. The monoisotopic (exact) mass is 244 g/mol. The molecule has 0 saturated heterocycles. The van der Waals surface area contributed by atoms with Gasteiger partial charge in [-0.1, -0.05) is 27.7 Å². The Morgan fingerprint density at radius 3 is 2.35 bits per heavy atom. The number of carbonyl (C=O) groups excluding carboxylic acids is 1. The van der Waals surface area contributed by atoms with E-state index < -0.39 is 0 Å². The van der Waals surface area contributed by atoms with E-state index in [-0.39, 0.29) is 12.5 Å². The molecule has 0 aliphatic carbocycles. The lowest BCUT2D eigenvalue weighted by Crippen LogP contribution is -2.31. The molecule has 0 aromatic rings. The first kappa shape index (κ1) is 16.4. The summed E-state index contributed by atoms with van der Waals surface area (Å²) in [4.78, 5) is 11.3. The molecule has 1 amide bonds. The zero-order valence-electron chi connectivity index (χ0n) is 11.7. The van der Waals surface area contributed by atoms with Crippen molar-refractivity contribution < 1.29 is 9.53 Å². The molecule has 0 saturated carbocycles. The van der Waals surface area contributed by atoms with Crippen LogP contribution in [0.5, 0.6) is 0 Å². The zero-order valence-corrected chi connectivity index (χ0v) is 11.7. The van der Waals surface area contributed by atoms with Gasteiger partial charge in [0.2, 0.25) is 5.91 Å². The van der Waals surface area contributed by atoms with Crippen LogP contribution in [0.15, 0.2) is 0 Å². The maximum Gasteiger partial charge on any atom is 0.246 e. The van der Waals surface area contributed by atoms with Crippen molar-refractivity contribution in [2.24, 2.45) is 11.8 Å². The highest BCUT2D eigenvalue weighted by atomic mass is 16.5. The van der Waals surface area contributed by atoms with Crippen molar-refractivity contribution in [2.75, 3.05) is 32.8 Å². The first-order chi connectivity index (χ1) is 8.02. The normalized spacial score (nSPS) is 11.2. The summed E-state index contributed by atoms with van der Waals surface area (Å²) in [5, 5.41) is 6.15. The van der Waals surface area contributed by atoms with Crippen LogP contribution in [0, 0.1) is 11.8 Å². The maximum atomic E-state index is 11.3. The van der Waals surface area contributed by atoms with E-state index in [0.29, 0.717) is 18.4 Å². The van der Waals surface area contributed by atoms with Crippen molar-refractivity contribution in [1.82, 2.24) is 10.6 Å². The van der Waals surface area contributed by atoms with E-state index in [4.69, 9.17) is 4.74 Å². The predicted molar refractivity (Wildman–Crippen MR) is 71.0 cm³/mol. The molecule has 0 heterocycles. The highest BCUT2D eigenvalue weighted by Crippen LogP contribution is 1.89. The van der Waals surface area contributed by atoms with E-state index in [0.717, 1.165) is 26.1 Å². The van der Waals surface area contributed by atoms with Crippen LogP contribution in [0.25, 0.3) is 0 Å². The molecule has 2 N–H and O–H groups in total. The molecule has 0 atom stereocenters. The highest BCUT2D eigenvalue weighted by molar-refractivity contribution is 5.77. The Bertz CT molecular complexity index is 194. The van der Waals surface area contributed by atoms with Gasteiger partial charge in [-0.3, -0.25) is 4.79 Å². The van der Waals surface area contributed by atoms with Gasteiger partial charge in [-0.2, -0.15) is 0 Å². The van der Waals surface area contributed by atoms with Crippen molar-refractivity contribution >= 4 is 5.91 Å². The summed E-state index contributed by atoms with van der Waals surface area (Å²) in [6.07, 6.45) is 0.949. The maximum absolute atomic E-state index is 11.3. The van der Waals surface area contributed by atoms with E-state index >= 15 is 0 Å². The summed E-state index contributed by atoms with van der Waals surface area (Å²) < 4.78 is 5.28. The Morgan fingerprint density at radius 2 is 1.76 bits per heavy atom. The standard InChI is InChI=1S/C13H28N2O2/c1-11(2)8-14-6-5-7-17-10-13(16)15-9-12(3)4/h11-12,14H,5-10H2,1-4H3,(H,15,16). The Balaban J connectivity index is 3.19. The molecule has 0 unspecified atom stereocenters. The molecule has 4 nitrogen and oxygen atoms in total. The first-order valence-electron chi connectivity index (χ1n) is 6.57. The molecule has 0 rings (SSSR count). The third-order valence-corrected chi connectivity index (χ3v) is 2.14. The Labute approximate surface area is 105 Å². The van der Waals surface area contributed by atoms with E-state index in [2.05, 4.69) is 38.3 Å². The molecule has 102 valence electrons. The molecule has 0 fully saturated rings. The van der Waals surface area contributed by atoms with Crippen LogP contribution in [0.4, 0.5) is 0 Å². The summed E-state index contributed by atoms with van der Waals surface area (Å²) >= 11 is 0. The minimum absolute atomic E-state index is 0.0196. The van der Waals surface area contributed by atoms with E-state index in [1.54, 1.807) is 0 Å². The van der Waals surface area contributed by atoms with Crippen molar-refractivity contribution in [1.29, 1.82) is 0 Å². The lowest BCUT2D eigenvalue weighted by atomic mass is 10.2. The molecule has 0 bridgehead atoms. The van der Waals surface area contributed by atoms with Gasteiger partial charge in [0, 0.05) is 13.2 Å². The van der Waals surface area contributed by atoms with Crippen molar-refractivity contribution in [2.45, 2.75) is 34.1 Å². The quantitative estimate of drug-likeness (QED) is 0.571. The highest BCUT2D eigenvalue weighted by Gasteiger charge is 2.01. The number of ether oxygens (including phenoxy) is 1. The van der Waals surface area contributed by atoms with Crippen LogP contribution in [0.3, 0.4) is 0 Å². The number of hydrogen-bond acceptors (Lipinski definition) is 3. The van der Waals surface area contributed by atoms with Gasteiger partial charge in [0.05, 0.1) is 0 Å². The summed E-state index contributed by atoms with van der Waals surface area (Å²) in [6.45, 7) is 12.0. The second-order valence-corrected chi connectivity index (χ2v) is 5.20. The van der Waals surface area contributed by atoms with Crippen LogP contribution >= 0.6 is 0 Å². The second kappa shape index (κ2) is 10.5. The van der Waals surface area contributed by atoms with Gasteiger partial charge < -0.3 is 15.4 Å². The zero-order chi connectivity index (χ0) is 13.1. The summed E-state index contributed by atoms with van der Waals surface area (Å²) in [7, 11) is 0. The van der Waals surface area contributed by atoms with Gasteiger partial charge in [-0.05, 0) is 31.3 Å². The SMILES string of the molecule is CC(C)CNCCCOCC(=O)NCC(C)C. The van der Waals surface area contributed by atoms with Crippen LogP contribution < -0.4 is 10.6 Å². The number of rotatable bonds is 10. The van der Waals surface area contributed by atoms with Gasteiger partial charge in [-0.25, -0.2) is 0 Å². The van der Waals surface area contributed by atoms with Gasteiger partial charge in [0.15, 0.2) is 0 Å². The average Bonchev–Trinajstić information content (AvgIpc) is 2.24. The lowest BCUT2D eigenvalue weighted by molar-refractivity contribution is -0.125. The molecule has 4 heteroatoms. The largest absolute Gasteiger partial charge is 0.372 e. The van der Waals surface area contributed by atoms with Crippen LogP contribution in [-0.4, -0.2) is 38.8 Å². The van der Waals surface area contributed by atoms with Gasteiger partial charge in [0.25, 0.3) is 0 Å². The molecule has 0 radical (unpaired) electrons. The molecule has 0 aromatic heterocycles. The van der Waals surface area contributed by atoms with E-state index in [1.807, 2.05) is 0 Å². The third-order valence-electron chi connectivity index (χ3n) is 2.14. The molecule has 17 heavy (non-hydrogen) atoms. The van der Waals surface area contributed by atoms with Gasteiger partial charge in [0.1, 0.15) is 6.61 Å². The van der Waals surface area contributed by atoms with E-state index in [9.17, 15) is 4.79 Å². The minimum atomic E-state index is -0.0196. The van der Waals surface area contributed by atoms with Crippen LogP contribution in [0.2, 0.25) is 0 Å².